The Morgan fingerprint density at radius 3 is 2.63 bits per heavy atom. The van der Waals surface area contributed by atoms with E-state index in [0.717, 1.165) is 5.56 Å². The molecule has 1 nitrogen and oxygen atoms in total. The largest absolute Gasteiger partial charge is 0.306 e. The standard InChI is InChI=1S/C15H14BrF2N/c1-10(11-3-2-4-14(17)7-11)19-9-12-5-6-13(16)8-15(12)18/h2-8,10,19H,9H2,1H3/t10-/m0/s1. The first-order valence-corrected chi connectivity index (χ1v) is 6.78. The van der Waals surface area contributed by atoms with E-state index in [2.05, 4.69) is 21.2 Å². The predicted molar refractivity (Wildman–Crippen MR) is 75.8 cm³/mol. The van der Waals surface area contributed by atoms with Crippen molar-refractivity contribution in [2.75, 3.05) is 0 Å². The van der Waals surface area contributed by atoms with Gasteiger partial charge in [-0.2, -0.15) is 0 Å². The van der Waals surface area contributed by atoms with Gasteiger partial charge in [-0.1, -0.05) is 34.1 Å². The van der Waals surface area contributed by atoms with Crippen LogP contribution in [0.25, 0.3) is 0 Å². The fourth-order valence-electron chi connectivity index (χ4n) is 1.82. The monoisotopic (exact) mass is 325 g/mol. The molecule has 2 aromatic rings. The van der Waals surface area contributed by atoms with E-state index in [4.69, 9.17) is 0 Å². The summed E-state index contributed by atoms with van der Waals surface area (Å²) in [4.78, 5) is 0. The Morgan fingerprint density at radius 2 is 1.95 bits per heavy atom. The lowest BCUT2D eigenvalue weighted by atomic mass is 10.1. The lowest BCUT2D eigenvalue weighted by molar-refractivity contribution is 0.539. The van der Waals surface area contributed by atoms with Gasteiger partial charge in [-0.3, -0.25) is 0 Å². The Morgan fingerprint density at radius 1 is 1.16 bits per heavy atom. The number of halogens is 3. The minimum absolute atomic E-state index is 0.0428. The maximum Gasteiger partial charge on any atom is 0.128 e. The molecule has 0 fully saturated rings. The molecular formula is C15H14BrF2N. The van der Waals surface area contributed by atoms with Crippen LogP contribution in [-0.4, -0.2) is 0 Å². The second-order valence-corrected chi connectivity index (χ2v) is 5.31. The fraction of sp³-hybridized carbons (Fsp3) is 0.200. The second-order valence-electron chi connectivity index (χ2n) is 4.39. The summed E-state index contributed by atoms with van der Waals surface area (Å²) in [5.41, 5.74) is 1.43. The number of hydrogen-bond donors (Lipinski definition) is 1. The molecule has 1 atom stereocenters. The first-order valence-electron chi connectivity index (χ1n) is 5.99. The number of nitrogens with one attached hydrogen (secondary N) is 1. The maximum absolute atomic E-state index is 13.6. The summed E-state index contributed by atoms with van der Waals surface area (Å²) in [6, 6.07) is 11.3. The minimum atomic E-state index is -0.263. The highest BCUT2D eigenvalue weighted by atomic mass is 79.9. The van der Waals surface area contributed by atoms with Crippen LogP contribution in [-0.2, 0) is 6.54 Å². The molecule has 1 N–H and O–H groups in total. The summed E-state index contributed by atoms with van der Waals surface area (Å²) in [6.07, 6.45) is 0. The van der Waals surface area contributed by atoms with Crippen LogP contribution in [0.15, 0.2) is 46.9 Å². The molecule has 0 spiro atoms. The molecule has 2 aromatic carbocycles. The summed E-state index contributed by atoms with van der Waals surface area (Å²) in [7, 11) is 0. The maximum atomic E-state index is 13.6. The summed E-state index contributed by atoms with van der Waals surface area (Å²) >= 11 is 3.22. The molecule has 0 radical (unpaired) electrons. The van der Waals surface area contributed by atoms with E-state index in [1.54, 1.807) is 18.2 Å². The van der Waals surface area contributed by atoms with Gasteiger partial charge in [0.25, 0.3) is 0 Å². The third-order valence-corrected chi connectivity index (χ3v) is 3.46. The first kappa shape index (κ1) is 14.2. The van der Waals surface area contributed by atoms with Gasteiger partial charge in [-0.15, -0.1) is 0 Å². The van der Waals surface area contributed by atoms with Crippen LogP contribution in [0.1, 0.15) is 24.1 Å². The van der Waals surface area contributed by atoms with E-state index in [1.165, 1.54) is 18.2 Å². The molecule has 0 aliphatic rings. The number of rotatable bonds is 4. The molecule has 0 aromatic heterocycles. The van der Waals surface area contributed by atoms with Crippen LogP contribution in [0.2, 0.25) is 0 Å². The lowest BCUT2D eigenvalue weighted by Crippen LogP contribution is -2.18. The Balaban J connectivity index is 2.02. The Bertz CT molecular complexity index is 572. The highest BCUT2D eigenvalue weighted by Gasteiger charge is 2.08. The van der Waals surface area contributed by atoms with Crippen LogP contribution in [0.3, 0.4) is 0 Å². The van der Waals surface area contributed by atoms with E-state index in [0.29, 0.717) is 16.6 Å². The average Bonchev–Trinajstić information content (AvgIpc) is 2.37. The zero-order valence-corrected chi connectivity index (χ0v) is 12.0. The van der Waals surface area contributed by atoms with Gasteiger partial charge < -0.3 is 5.32 Å². The van der Waals surface area contributed by atoms with Crippen molar-refractivity contribution in [2.45, 2.75) is 19.5 Å². The van der Waals surface area contributed by atoms with E-state index < -0.39 is 0 Å². The SMILES string of the molecule is C[C@H](NCc1ccc(Br)cc1F)c1cccc(F)c1. The Labute approximate surface area is 119 Å². The lowest BCUT2D eigenvalue weighted by Gasteiger charge is -2.14. The molecule has 0 aliphatic heterocycles. The normalized spacial score (nSPS) is 12.4. The molecule has 0 unspecified atom stereocenters. The molecule has 0 bridgehead atoms. The van der Waals surface area contributed by atoms with E-state index >= 15 is 0 Å². The highest BCUT2D eigenvalue weighted by Crippen LogP contribution is 2.17. The van der Waals surface area contributed by atoms with E-state index in [-0.39, 0.29) is 17.7 Å². The smallest absolute Gasteiger partial charge is 0.128 e. The van der Waals surface area contributed by atoms with Crippen LogP contribution in [0, 0.1) is 11.6 Å². The van der Waals surface area contributed by atoms with Crippen LogP contribution in [0.5, 0.6) is 0 Å². The van der Waals surface area contributed by atoms with Gasteiger partial charge in [0.2, 0.25) is 0 Å². The Hall–Kier alpha value is -1.26. The number of benzene rings is 2. The van der Waals surface area contributed by atoms with Crippen LogP contribution >= 0.6 is 15.9 Å². The quantitative estimate of drug-likeness (QED) is 0.867. The van der Waals surface area contributed by atoms with Crippen molar-refractivity contribution >= 4 is 15.9 Å². The molecule has 19 heavy (non-hydrogen) atoms. The first-order chi connectivity index (χ1) is 9.06. The third-order valence-electron chi connectivity index (χ3n) is 2.96. The van der Waals surface area contributed by atoms with Crippen molar-refractivity contribution in [2.24, 2.45) is 0 Å². The second kappa shape index (κ2) is 6.26. The average molecular weight is 326 g/mol. The van der Waals surface area contributed by atoms with Gasteiger partial charge in [0, 0.05) is 22.6 Å². The van der Waals surface area contributed by atoms with Crippen molar-refractivity contribution in [3.8, 4) is 0 Å². The van der Waals surface area contributed by atoms with Crippen molar-refractivity contribution in [1.29, 1.82) is 0 Å². The molecule has 0 heterocycles. The van der Waals surface area contributed by atoms with E-state index in [1.807, 2.05) is 13.0 Å². The van der Waals surface area contributed by atoms with Gasteiger partial charge in [-0.05, 0) is 36.8 Å². The van der Waals surface area contributed by atoms with Crippen LogP contribution in [0.4, 0.5) is 8.78 Å². The third kappa shape index (κ3) is 3.85. The van der Waals surface area contributed by atoms with Gasteiger partial charge in [0.15, 0.2) is 0 Å². The van der Waals surface area contributed by atoms with Crippen molar-refractivity contribution in [3.05, 3.63) is 69.7 Å². The molecule has 0 saturated heterocycles. The molecule has 0 aliphatic carbocycles. The zero-order chi connectivity index (χ0) is 13.8. The summed E-state index contributed by atoms with van der Waals surface area (Å²) in [5, 5.41) is 3.18. The van der Waals surface area contributed by atoms with E-state index in [9.17, 15) is 8.78 Å². The minimum Gasteiger partial charge on any atom is -0.306 e. The highest BCUT2D eigenvalue weighted by molar-refractivity contribution is 9.10. The van der Waals surface area contributed by atoms with Gasteiger partial charge in [0.1, 0.15) is 11.6 Å². The summed E-state index contributed by atoms with van der Waals surface area (Å²) < 4.78 is 27.5. The summed E-state index contributed by atoms with van der Waals surface area (Å²) in [5.74, 6) is -0.519. The Kier molecular flexibility index (Phi) is 4.66. The van der Waals surface area contributed by atoms with Crippen molar-refractivity contribution in [1.82, 2.24) is 5.32 Å². The van der Waals surface area contributed by atoms with Gasteiger partial charge in [0.05, 0.1) is 0 Å². The van der Waals surface area contributed by atoms with Crippen molar-refractivity contribution < 1.29 is 8.78 Å². The molecule has 0 amide bonds. The summed E-state index contributed by atoms with van der Waals surface area (Å²) in [6.45, 7) is 2.32. The predicted octanol–water partition coefficient (Wildman–Crippen LogP) is 4.58. The van der Waals surface area contributed by atoms with Crippen LogP contribution < -0.4 is 5.32 Å². The molecule has 100 valence electrons. The molecule has 0 saturated carbocycles. The van der Waals surface area contributed by atoms with Gasteiger partial charge >= 0.3 is 0 Å². The molecular weight excluding hydrogens is 312 g/mol. The topological polar surface area (TPSA) is 12.0 Å². The van der Waals surface area contributed by atoms with Crippen molar-refractivity contribution in [3.63, 3.8) is 0 Å². The zero-order valence-electron chi connectivity index (χ0n) is 10.5. The molecule has 2 rings (SSSR count). The molecule has 4 heteroatoms. The number of hydrogen-bond acceptors (Lipinski definition) is 1. The fourth-order valence-corrected chi connectivity index (χ4v) is 2.16. The van der Waals surface area contributed by atoms with Gasteiger partial charge in [-0.25, -0.2) is 8.78 Å².